The third kappa shape index (κ3) is 2.65. The van der Waals surface area contributed by atoms with Crippen molar-refractivity contribution in [2.45, 2.75) is 26.3 Å². The quantitative estimate of drug-likeness (QED) is 0.707. The zero-order chi connectivity index (χ0) is 10.7. The predicted octanol–water partition coefficient (Wildman–Crippen LogP) is 1.51. The van der Waals surface area contributed by atoms with Crippen LogP contribution in [-0.4, -0.2) is 28.8 Å². The number of hydrogen-bond donors (Lipinski definition) is 0. The summed E-state index contributed by atoms with van der Waals surface area (Å²) in [5.74, 6) is 0.611. The van der Waals surface area contributed by atoms with E-state index in [-0.39, 0.29) is 5.78 Å². The molecule has 1 saturated heterocycles. The minimum Gasteiger partial charge on any atom is -0.381 e. The topological polar surface area (TPSA) is 44.1 Å². The Labute approximate surface area is 89.2 Å². The van der Waals surface area contributed by atoms with Crippen LogP contribution in [-0.2, 0) is 11.3 Å². The molecule has 0 spiro atoms. The lowest BCUT2D eigenvalue weighted by Gasteiger charge is -2.21. The molecule has 0 aliphatic carbocycles. The molecular formula is C11H16N2O2. The average molecular weight is 208 g/mol. The van der Waals surface area contributed by atoms with E-state index in [1.54, 1.807) is 13.1 Å². The van der Waals surface area contributed by atoms with Crippen LogP contribution in [0.1, 0.15) is 30.1 Å². The lowest BCUT2D eigenvalue weighted by molar-refractivity contribution is 0.0470. The Kier molecular flexibility index (Phi) is 3.16. The highest BCUT2D eigenvalue weighted by molar-refractivity contribution is 5.93. The van der Waals surface area contributed by atoms with Gasteiger partial charge in [-0.15, -0.1) is 0 Å². The number of hydrogen-bond acceptors (Lipinski definition) is 3. The van der Waals surface area contributed by atoms with Crippen molar-refractivity contribution < 1.29 is 9.53 Å². The molecule has 0 unspecified atom stereocenters. The van der Waals surface area contributed by atoms with Crippen molar-refractivity contribution in [3.05, 3.63) is 18.0 Å². The van der Waals surface area contributed by atoms with E-state index in [0.717, 1.165) is 26.2 Å². The second-order valence-corrected chi connectivity index (χ2v) is 4.09. The first-order chi connectivity index (χ1) is 7.25. The monoisotopic (exact) mass is 208 g/mol. The fourth-order valence-electron chi connectivity index (χ4n) is 1.86. The largest absolute Gasteiger partial charge is 0.381 e. The van der Waals surface area contributed by atoms with Crippen LogP contribution in [0.15, 0.2) is 12.4 Å². The summed E-state index contributed by atoms with van der Waals surface area (Å²) in [6.45, 7) is 4.11. The minimum atomic E-state index is 0.0705. The van der Waals surface area contributed by atoms with Crippen LogP contribution in [0.25, 0.3) is 0 Å². The Morgan fingerprint density at radius 1 is 1.73 bits per heavy atom. The van der Waals surface area contributed by atoms with Crippen LogP contribution in [0.2, 0.25) is 0 Å². The van der Waals surface area contributed by atoms with E-state index < -0.39 is 0 Å². The summed E-state index contributed by atoms with van der Waals surface area (Å²) in [6, 6.07) is 0. The van der Waals surface area contributed by atoms with Crippen LogP contribution >= 0.6 is 0 Å². The Morgan fingerprint density at radius 3 is 3.20 bits per heavy atom. The Hall–Kier alpha value is -1.16. The molecule has 4 heteroatoms. The zero-order valence-corrected chi connectivity index (χ0v) is 8.98. The number of aromatic nitrogens is 2. The summed E-state index contributed by atoms with van der Waals surface area (Å²) in [5, 5.41) is 4.17. The van der Waals surface area contributed by atoms with Gasteiger partial charge in [0.2, 0.25) is 0 Å². The number of ether oxygens (including phenoxy) is 1. The van der Waals surface area contributed by atoms with Crippen molar-refractivity contribution in [2.24, 2.45) is 5.92 Å². The molecule has 1 aliphatic heterocycles. The molecular weight excluding hydrogens is 192 g/mol. The maximum absolute atomic E-state index is 11.1. The van der Waals surface area contributed by atoms with Crippen molar-refractivity contribution in [1.82, 2.24) is 9.78 Å². The van der Waals surface area contributed by atoms with Gasteiger partial charge in [0.1, 0.15) is 0 Å². The predicted molar refractivity (Wildman–Crippen MR) is 55.8 cm³/mol. The highest BCUT2D eigenvalue weighted by atomic mass is 16.5. The molecule has 82 valence electrons. The number of carbonyl (C=O) groups excluding carboxylic acids is 1. The standard InChI is InChI=1S/C11H16N2O2/c1-9(14)11-5-12-13(7-11)6-10-3-2-4-15-8-10/h5,7,10H,2-4,6,8H2,1H3/t10-/m0/s1. The summed E-state index contributed by atoms with van der Waals surface area (Å²) in [6.07, 6.45) is 5.77. The van der Waals surface area contributed by atoms with Crippen molar-refractivity contribution in [3.63, 3.8) is 0 Å². The molecule has 1 atom stereocenters. The smallest absolute Gasteiger partial charge is 0.162 e. The summed E-state index contributed by atoms with van der Waals surface area (Å²) < 4.78 is 7.24. The molecule has 0 saturated carbocycles. The Balaban J connectivity index is 1.94. The molecule has 0 bridgehead atoms. The molecule has 1 aromatic heterocycles. The van der Waals surface area contributed by atoms with Gasteiger partial charge in [-0.3, -0.25) is 9.48 Å². The van der Waals surface area contributed by atoms with Gasteiger partial charge in [0.05, 0.1) is 18.4 Å². The number of Topliss-reactive ketones (excluding diaryl/α,β-unsaturated/α-hetero) is 1. The van der Waals surface area contributed by atoms with Gasteiger partial charge in [0.25, 0.3) is 0 Å². The molecule has 1 fully saturated rings. The number of ketones is 1. The molecule has 0 radical (unpaired) electrons. The van der Waals surface area contributed by atoms with Crippen LogP contribution in [0, 0.1) is 5.92 Å². The molecule has 1 aromatic rings. The summed E-state index contributed by atoms with van der Waals surface area (Å²) >= 11 is 0. The van der Waals surface area contributed by atoms with Crippen molar-refractivity contribution in [3.8, 4) is 0 Å². The van der Waals surface area contributed by atoms with Gasteiger partial charge >= 0.3 is 0 Å². The minimum absolute atomic E-state index is 0.0705. The molecule has 15 heavy (non-hydrogen) atoms. The Bertz CT molecular complexity index is 340. The van der Waals surface area contributed by atoms with Gasteiger partial charge in [-0.1, -0.05) is 0 Å². The molecule has 2 rings (SSSR count). The summed E-state index contributed by atoms with van der Waals surface area (Å²) in [7, 11) is 0. The van der Waals surface area contributed by atoms with E-state index in [0.29, 0.717) is 11.5 Å². The molecule has 0 amide bonds. The van der Waals surface area contributed by atoms with E-state index in [1.165, 1.54) is 6.42 Å². The third-order valence-electron chi connectivity index (χ3n) is 2.74. The van der Waals surface area contributed by atoms with Crippen molar-refractivity contribution >= 4 is 5.78 Å². The summed E-state index contributed by atoms with van der Waals surface area (Å²) in [4.78, 5) is 11.1. The van der Waals surface area contributed by atoms with E-state index in [2.05, 4.69) is 5.10 Å². The van der Waals surface area contributed by atoms with Crippen LogP contribution in [0.3, 0.4) is 0 Å². The van der Waals surface area contributed by atoms with Crippen LogP contribution < -0.4 is 0 Å². The molecule has 1 aliphatic rings. The van der Waals surface area contributed by atoms with Gasteiger partial charge in [-0.25, -0.2) is 0 Å². The fourth-order valence-corrected chi connectivity index (χ4v) is 1.86. The van der Waals surface area contributed by atoms with E-state index in [1.807, 2.05) is 10.9 Å². The average Bonchev–Trinajstić information content (AvgIpc) is 2.68. The number of carbonyl (C=O) groups is 1. The maximum Gasteiger partial charge on any atom is 0.162 e. The van der Waals surface area contributed by atoms with Gasteiger partial charge in [-0.05, 0) is 19.8 Å². The second kappa shape index (κ2) is 4.57. The zero-order valence-electron chi connectivity index (χ0n) is 8.98. The number of nitrogens with zero attached hydrogens (tertiary/aromatic N) is 2. The third-order valence-corrected chi connectivity index (χ3v) is 2.74. The summed E-state index contributed by atoms with van der Waals surface area (Å²) in [5.41, 5.74) is 0.687. The van der Waals surface area contributed by atoms with E-state index in [4.69, 9.17) is 4.74 Å². The van der Waals surface area contributed by atoms with Crippen molar-refractivity contribution in [1.29, 1.82) is 0 Å². The second-order valence-electron chi connectivity index (χ2n) is 4.09. The lowest BCUT2D eigenvalue weighted by Crippen LogP contribution is -2.22. The van der Waals surface area contributed by atoms with Gasteiger partial charge in [-0.2, -0.15) is 5.10 Å². The fraction of sp³-hybridized carbons (Fsp3) is 0.636. The molecule has 2 heterocycles. The maximum atomic E-state index is 11.1. The highest BCUT2D eigenvalue weighted by Gasteiger charge is 2.15. The molecule has 4 nitrogen and oxygen atoms in total. The first-order valence-corrected chi connectivity index (χ1v) is 5.37. The van der Waals surface area contributed by atoms with Gasteiger partial charge < -0.3 is 4.74 Å². The lowest BCUT2D eigenvalue weighted by atomic mass is 10.0. The SMILES string of the molecule is CC(=O)c1cnn(C[C@@H]2CCCOC2)c1. The first kappa shape index (κ1) is 10.4. The first-order valence-electron chi connectivity index (χ1n) is 5.37. The van der Waals surface area contributed by atoms with Crippen LogP contribution in [0.4, 0.5) is 0 Å². The Morgan fingerprint density at radius 2 is 2.60 bits per heavy atom. The number of rotatable bonds is 3. The normalized spacial score (nSPS) is 21.5. The van der Waals surface area contributed by atoms with E-state index in [9.17, 15) is 4.79 Å². The van der Waals surface area contributed by atoms with Gasteiger partial charge in [0.15, 0.2) is 5.78 Å². The van der Waals surface area contributed by atoms with Crippen LogP contribution in [0.5, 0.6) is 0 Å². The van der Waals surface area contributed by atoms with E-state index >= 15 is 0 Å². The molecule has 0 N–H and O–H groups in total. The van der Waals surface area contributed by atoms with Crippen molar-refractivity contribution in [2.75, 3.05) is 13.2 Å². The van der Waals surface area contributed by atoms with Gasteiger partial charge in [0, 0.05) is 25.3 Å². The highest BCUT2D eigenvalue weighted by Crippen LogP contribution is 2.15. The molecule has 0 aromatic carbocycles.